The van der Waals surface area contributed by atoms with Gasteiger partial charge in [0, 0.05) is 19.8 Å². The van der Waals surface area contributed by atoms with Gasteiger partial charge in [-0.15, -0.1) is 11.6 Å². The van der Waals surface area contributed by atoms with Gasteiger partial charge in [-0.25, -0.2) is 4.39 Å². The van der Waals surface area contributed by atoms with Crippen molar-refractivity contribution in [2.75, 3.05) is 26.2 Å². The van der Waals surface area contributed by atoms with Crippen molar-refractivity contribution in [3.8, 4) is 17.6 Å². The third-order valence-corrected chi connectivity index (χ3v) is 2.37. The minimum absolute atomic E-state index is 0.241. The van der Waals surface area contributed by atoms with Crippen LogP contribution in [0.1, 0.15) is 18.4 Å². The highest BCUT2D eigenvalue weighted by Gasteiger charge is 2.03. The van der Waals surface area contributed by atoms with Crippen LogP contribution in [0.2, 0.25) is 0 Å². The third kappa shape index (κ3) is 5.39. The molecule has 0 amide bonds. The summed E-state index contributed by atoms with van der Waals surface area (Å²) in [5, 5.41) is 0. The van der Waals surface area contributed by atoms with Crippen molar-refractivity contribution in [1.82, 2.24) is 0 Å². The molecule has 4 heteroatoms. The van der Waals surface area contributed by atoms with Crippen LogP contribution in [0.15, 0.2) is 18.2 Å². The van der Waals surface area contributed by atoms with E-state index in [0.29, 0.717) is 24.5 Å². The zero-order valence-electron chi connectivity index (χ0n) is 10.3. The number of methoxy groups -OCH3 is 1. The molecule has 0 N–H and O–H groups in total. The summed E-state index contributed by atoms with van der Waals surface area (Å²) in [5.74, 6) is 5.94. The average Bonchev–Trinajstić information content (AvgIpc) is 2.37. The summed E-state index contributed by atoms with van der Waals surface area (Å²) in [5.41, 5.74) is 0.656. The first-order chi connectivity index (χ1) is 8.77. The van der Waals surface area contributed by atoms with E-state index in [1.165, 1.54) is 12.1 Å². The summed E-state index contributed by atoms with van der Waals surface area (Å²) in [6.07, 6.45) is 1.77. The van der Waals surface area contributed by atoms with Gasteiger partial charge in [-0.1, -0.05) is 11.8 Å². The van der Waals surface area contributed by atoms with E-state index in [4.69, 9.17) is 21.1 Å². The lowest BCUT2D eigenvalue weighted by Gasteiger charge is -2.08. The lowest BCUT2D eigenvalue weighted by atomic mass is 10.2. The Bertz CT molecular complexity index is 424. The van der Waals surface area contributed by atoms with E-state index in [1.807, 2.05) is 0 Å². The highest BCUT2D eigenvalue weighted by molar-refractivity contribution is 6.19. The molecule has 0 heterocycles. The molecule has 0 unspecified atom stereocenters. The summed E-state index contributed by atoms with van der Waals surface area (Å²) < 4.78 is 23.6. The Morgan fingerprint density at radius 1 is 1.28 bits per heavy atom. The molecule has 98 valence electrons. The number of halogens is 2. The monoisotopic (exact) mass is 270 g/mol. The molecule has 1 rings (SSSR count). The summed E-state index contributed by atoms with van der Waals surface area (Å²) in [7, 11) is 1.66. The lowest BCUT2D eigenvalue weighted by Crippen LogP contribution is -2.01. The van der Waals surface area contributed by atoms with E-state index in [9.17, 15) is 4.39 Å². The molecule has 0 bridgehead atoms. The second-order valence-corrected chi connectivity index (χ2v) is 3.89. The molecule has 0 aliphatic rings. The van der Waals surface area contributed by atoms with E-state index < -0.39 is 0 Å². The van der Waals surface area contributed by atoms with Gasteiger partial charge in [0.15, 0.2) is 0 Å². The average molecular weight is 271 g/mol. The summed E-state index contributed by atoms with van der Waals surface area (Å²) in [6.45, 7) is 1.22. The van der Waals surface area contributed by atoms with Crippen molar-refractivity contribution in [3.05, 3.63) is 29.6 Å². The standard InChI is InChI=1S/C14H16ClFO2/c1-17-9-2-3-10-18-14-11-13(16)7-6-12(14)5-4-8-15/h6-7,11H,2-3,8-10H2,1H3. The van der Waals surface area contributed by atoms with Crippen LogP contribution >= 0.6 is 11.6 Å². The van der Waals surface area contributed by atoms with Gasteiger partial charge in [0.25, 0.3) is 0 Å². The van der Waals surface area contributed by atoms with Crippen LogP contribution in [0.5, 0.6) is 5.75 Å². The fourth-order valence-electron chi connectivity index (χ4n) is 1.38. The molecule has 0 aliphatic carbocycles. The number of alkyl halides is 1. The van der Waals surface area contributed by atoms with Gasteiger partial charge in [-0.3, -0.25) is 0 Å². The largest absolute Gasteiger partial charge is 0.492 e. The highest BCUT2D eigenvalue weighted by Crippen LogP contribution is 2.19. The highest BCUT2D eigenvalue weighted by atomic mass is 35.5. The predicted molar refractivity (Wildman–Crippen MR) is 70.6 cm³/mol. The summed E-state index contributed by atoms with van der Waals surface area (Å²) in [6, 6.07) is 4.30. The van der Waals surface area contributed by atoms with Crippen LogP contribution in [0.3, 0.4) is 0 Å². The van der Waals surface area contributed by atoms with Crippen molar-refractivity contribution in [2.45, 2.75) is 12.8 Å². The maximum Gasteiger partial charge on any atom is 0.137 e. The van der Waals surface area contributed by atoms with Crippen LogP contribution in [0, 0.1) is 17.7 Å². The molecule has 0 saturated carbocycles. The Morgan fingerprint density at radius 2 is 2.06 bits per heavy atom. The third-order valence-electron chi connectivity index (χ3n) is 2.23. The second kappa shape index (κ2) is 8.79. The van der Waals surface area contributed by atoms with Crippen LogP contribution in [0.4, 0.5) is 4.39 Å². The quantitative estimate of drug-likeness (QED) is 0.449. The Labute approximate surface area is 112 Å². The van der Waals surface area contributed by atoms with Gasteiger partial charge in [-0.05, 0) is 25.0 Å². The van der Waals surface area contributed by atoms with Crippen molar-refractivity contribution in [1.29, 1.82) is 0 Å². The van der Waals surface area contributed by atoms with Gasteiger partial charge in [0.2, 0.25) is 0 Å². The maximum absolute atomic E-state index is 13.1. The first-order valence-electron chi connectivity index (χ1n) is 5.74. The van der Waals surface area contributed by atoms with Crippen molar-refractivity contribution >= 4 is 11.6 Å². The summed E-state index contributed by atoms with van der Waals surface area (Å²) >= 11 is 5.49. The lowest BCUT2D eigenvalue weighted by molar-refractivity contribution is 0.184. The molecule has 1 aromatic rings. The Morgan fingerprint density at radius 3 is 2.78 bits per heavy atom. The van der Waals surface area contributed by atoms with E-state index in [0.717, 1.165) is 12.8 Å². The van der Waals surface area contributed by atoms with Crippen LogP contribution < -0.4 is 4.74 Å². The predicted octanol–water partition coefficient (Wildman–Crippen LogP) is 3.22. The van der Waals surface area contributed by atoms with Crippen molar-refractivity contribution < 1.29 is 13.9 Å². The molecule has 0 aliphatic heterocycles. The van der Waals surface area contributed by atoms with Crippen LogP contribution in [0.25, 0.3) is 0 Å². The van der Waals surface area contributed by atoms with E-state index in [1.54, 1.807) is 13.2 Å². The zero-order valence-corrected chi connectivity index (χ0v) is 11.1. The Balaban J connectivity index is 2.59. The Hall–Kier alpha value is -1.24. The van der Waals surface area contributed by atoms with Gasteiger partial charge < -0.3 is 9.47 Å². The fraction of sp³-hybridized carbons (Fsp3) is 0.429. The molecular weight excluding hydrogens is 255 g/mol. The molecule has 0 spiro atoms. The molecule has 0 fully saturated rings. The van der Waals surface area contributed by atoms with E-state index in [2.05, 4.69) is 11.8 Å². The fourth-order valence-corrected chi connectivity index (χ4v) is 1.44. The molecule has 1 aromatic carbocycles. The van der Waals surface area contributed by atoms with E-state index >= 15 is 0 Å². The molecule has 2 nitrogen and oxygen atoms in total. The normalized spacial score (nSPS) is 9.72. The van der Waals surface area contributed by atoms with Crippen molar-refractivity contribution in [3.63, 3.8) is 0 Å². The molecule has 0 radical (unpaired) electrons. The number of ether oxygens (including phenoxy) is 2. The van der Waals surface area contributed by atoms with Crippen LogP contribution in [-0.4, -0.2) is 26.2 Å². The first-order valence-corrected chi connectivity index (χ1v) is 6.27. The minimum Gasteiger partial charge on any atom is -0.492 e. The van der Waals surface area contributed by atoms with Crippen LogP contribution in [-0.2, 0) is 4.74 Å². The summed E-state index contributed by atoms with van der Waals surface area (Å²) in [4.78, 5) is 0. The first kappa shape index (κ1) is 14.8. The molecule has 0 atom stereocenters. The zero-order chi connectivity index (χ0) is 13.2. The Kier molecular flexibility index (Phi) is 7.24. The van der Waals surface area contributed by atoms with Gasteiger partial charge in [0.1, 0.15) is 11.6 Å². The second-order valence-electron chi connectivity index (χ2n) is 3.62. The SMILES string of the molecule is COCCCCOc1cc(F)ccc1C#CCCl. The molecule has 0 aromatic heterocycles. The minimum atomic E-state index is -0.335. The number of benzene rings is 1. The van der Waals surface area contributed by atoms with E-state index in [-0.39, 0.29) is 11.7 Å². The van der Waals surface area contributed by atoms with Crippen molar-refractivity contribution in [2.24, 2.45) is 0 Å². The smallest absolute Gasteiger partial charge is 0.137 e. The van der Waals surface area contributed by atoms with Gasteiger partial charge in [-0.2, -0.15) is 0 Å². The topological polar surface area (TPSA) is 18.5 Å². The molecule has 18 heavy (non-hydrogen) atoms. The molecule has 0 saturated heterocycles. The van der Waals surface area contributed by atoms with Gasteiger partial charge in [0.05, 0.1) is 18.1 Å². The maximum atomic E-state index is 13.1. The number of rotatable bonds is 6. The number of unbranched alkanes of at least 4 members (excludes halogenated alkanes) is 1. The number of hydrogen-bond donors (Lipinski definition) is 0. The molecular formula is C14H16ClFO2. The number of hydrogen-bond acceptors (Lipinski definition) is 2. The van der Waals surface area contributed by atoms with Gasteiger partial charge >= 0.3 is 0 Å².